The van der Waals surface area contributed by atoms with Crippen molar-refractivity contribution >= 4 is 21.8 Å². The maximum absolute atomic E-state index is 12.4. The predicted molar refractivity (Wildman–Crippen MR) is 87.0 cm³/mol. The van der Waals surface area contributed by atoms with Crippen LogP contribution >= 0.6 is 15.9 Å². The SMILES string of the molecule is CN(CCc1ccc(Br)cc1)C(=O)C(N)C1CCOCC1. The van der Waals surface area contributed by atoms with Crippen LogP contribution in [0.3, 0.4) is 0 Å². The molecule has 1 amide bonds. The molecule has 1 aromatic rings. The molecule has 1 aliphatic rings. The summed E-state index contributed by atoms with van der Waals surface area (Å²) < 4.78 is 6.39. The molecule has 1 heterocycles. The molecule has 1 aromatic carbocycles. The van der Waals surface area contributed by atoms with E-state index >= 15 is 0 Å². The minimum Gasteiger partial charge on any atom is -0.381 e. The number of hydrogen-bond acceptors (Lipinski definition) is 3. The molecule has 0 radical (unpaired) electrons. The average molecular weight is 355 g/mol. The van der Waals surface area contributed by atoms with E-state index in [1.807, 2.05) is 19.2 Å². The number of rotatable bonds is 5. The normalized spacial score (nSPS) is 17.5. The maximum atomic E-state index is 12.4. The highest BCUT2D eigenvalue weighted by Gasteiger charge is 2.28. The van der Waals surface area contributed by atoms with Gasteiger partial charge in [0.15, 0.2) is 0 Å². The minimum absolute atomic E-state index is 0.0408. The van der Waals surface area contributed by atoms with Crippen LogP contribution in [0.4, 0.5) is 0 Å². The fourth-order valence-electron chi connectivity index (χ4n) is 2.59. The molecule has 116 valence electrons. The monoisotopic (exact) mass is 354 g/mol. The summed E-state index contributed by atoms with van der Waals surface area (Å²) in [5.41, 5.74) is 7.35. The lowest BCUT2D eigenvalue weighted by Gasteiger charge is -2.29. The first kappa shape index (κ1) is 16.5. The van der Waals surface area contributed by atoms with Crippen LogP contribution in [-0.4, -0.2) is 43.7 Å². The van der Waals surface area contributed by atoms with Crippen molar-refractivity contribution in [2.24, 2.45) is 11.7 Å². The molecule has 2 rings (SSSR count). The van der Waals surface area contributed by atoms with E-state index in [2.05, 4.69) is 28.1 Å². The van der Waals surface area contributed by atoms with Crippen LogP contribution in [0, 0.1) is 5.92 Å². The van der Waals surface area contributed by atoms with Gasteiger partial charge in [0.2, 0.25) is 5.91 Å². The third-order valence-corrected chi connectivity index (χ3v) is 4.61. The second kappa shape index (κ2) is 7.92. The number of amides is 1. The van der Waals surface area contributed by atoms with E-state index < -0.39 is 6.04 Å². The summed E-state index contributed by atoms with van der Waals surface area (Å²) in [7, 11) is 1.83. The average Bonchev–Trinajstić information content (AvgIpc) is 2.53. The molecule has 5 heteroatoms. The van der Waals surface area contributed by atoms with Gasteiger partial charge in [0.1, 0.15) is 0 Å². The Hall–Kier alpha value is -0.910. The Labute approximate surface area is 134 Å². The Balaban J connectivity index is 1.82. The van der Waals surface area contributed by atoms with Gasteiger partial charge in [-0.15, -0.1) is 0 Å². The molecule has 0 aliphatic carbocycles. The maximum Gasteiger partial charge on any atom is 0.239 e. The van der Waals surface area contributed by atoms with Crippen molar-refractivity contribution in [3.8, 4) is 0 Å². The van der Waals surface area contributed by atoms with Crippen LogP contribution in [0.1, 0.15) is 18.4 Å². The highest BCUT2D eigenvalue weighted by molar-refractivity contribution is 9.10. The number of nitrogens with two attached hydrogens (primary N) is 1. The summed E-state index contributed by atoms with van der Waals surface area (Å²) in [6, 6.07) is 7.78. The molecule has 1 unspecified atom stereocenters. The van der Waals surface area contributed by atoms with Gasteiger partial charge in [-0.1, -0.05) is 28.1 Å². The van der Waals surface area contributed by atoms with Crippen molar-refractivity contribution in [2.75, 3.05) is 26.8 Å². The Morgan fingerprint density at radius 3 is 2.62 bits per heavy atom. The molecule has 0 bridgehead atoms. The van der Waals surface area contributed by atoms with Gasteiger partial charge < -0.3 is 15.4 Å². The van der Waals surface area contributed by atoms with E-state index in [9.17, 15) is 4.79 Å². The van der Waals surface area contributed by atoms with E-state index in [4.69, 9.17) is 10.5 Å². The van der Waals surface area contributed by atoms with Crippen molar-refractivity contribution in [2.45, 2.75) is 25.3 Å². The number of likely N-dealkylation sites (N-methyl/N-ethyl adjacent to an activating group) is 1. The molecule has 0 saturated carbocycles. The topological polar surface area (TPSA) is 55.6 Å². The van der Waals surface area contributed by atoms with Crippen LogP contribution in [0.25, 0.3) is 0 Å². The summed E-state index contributed by atoms with van der Waals surface area (Å²) in [5, 5.41) is 0. The second-order valence-corrected chi connectivity index (χ2v) is 6.53. The largest absolute Gasteiger partial charge is 0.381 e. The Morgan fingerprint density at radius 2 is 2.00 bits per heavy atom. The van der Waals surface area contributed by atoms with Gasteiger partial charge in [-0.3, -0.25) is 4.79 Å². The lowest BCUT2D eigenvalue weighted by atomic mass is 9.91. The zero-order chi connectivity index (χ0) is 15.2. The summed E-state index contributed by atoms with van der Waals surface area (Å²) in [5.74, 6) is 0.292. The molecule has 0 aromatic heterocycles. The van der Waals surface area contributed by atoms with Crippen molar-refractivity contribution < 1.29 is 9.53 Å². The van der Waals surface area contributed by atoms with Crippen LogP contribution in [-0.2, 0) is 16.0 Å². The van der Waals surface area contributed by atoms with Crippen LogP contribution in [0.2, 0.25) is 0 Å². The quantitative estimate of drug-likeness (QED) is 0.881. The van der Waals surface area contributed by atoms with Gasteiger partial charge in [0, 0.05) is 31.3 Å². The summed E-state index contributed by atoms with van der Waals surface area (Å²) in [6.45, 7) is 2.12. The molecule has 1 atom stereocenters. The number of ether oxygens (including phenoxy) is 1. The molecule has 1 aliphatic heterocycles. The highest BCUT2D eigenvalue weighted by Crippen LogP contribution is 2.19. The first-order valence-corrected chi connectivity index (χ1v) is 8.20. The Morgan fingerprint density at radius 1 is 1.38 bits per heavy atom. The third kappa shape index (κ3) is 4.80. The molecule has 2 N–H and O–H groups in total. The molecule has 1 saturated heterocycles. The van der Waals surface area contributed by atoms with E-state index in [0.717, 1.165) is 23.7 Å². The second-order valence-electron chi connectivity index (χ2n) is 5.61. The summed E-state index contributed by atoms with van der Waals surface area (Å²) in [6.07, 6.45) is 2.61. The van der Waals surface area contributed by atoms with E-state index in [-0.39, 0.29) is 11.8 Å². The minimum atomic E-state index is -0.399. The number of benzene rings is 1. The van der Waals surface area contributed by atoms with Gasteiger partial charge in [-0.2, -0.15) is 0 Å². The summed E-state index contributed by atoms with van der Waals surface area (Å²) in [4.78, 5) is 14.1. The molecular weight excluding hydrogens is 332 g/mol. The van der Waals surface area contributed by atoms with E-state index in [0.29, 0.717) is 19.8 Å². The van der Waals surface area contributed by atoms with Gasteiger partial charge in [-0.25, -0.2) is 0 Å². The van der Waals surface area contributed by atoms with Gasteiger partial charge in [0.05, 0.1) is 6.04 Å². The molecule has 4 nitrogen and oxygen atoms in total. The van der Waals surface area contributed by atoms with Crippen molar-refractivity contribution in [3.63, 3.8) is 0 Å². The van der Waals surface area contributed by atoms with Crippen LogP contribution in [0.5, 0.6) is 0 Å². The van der Waals surface area contributed by atoms with E-state index in [1.54, 1.807) is 4.90 Å². The predicted octanol–water partition coefficient (Wildman–Crippen LogP) is 2.20. The number of carbonyl (C=O) groups excluding carboxylic acids is 1. The van der Waals surface area contributed by atoms with Gasteiger partial charge in [-0.05, 0) is 42.9 Å². The fraction of sp³-hybridized carbons (Fsp3) is 0.562. The third-order valence-electron chi connectivity index (χ3n) is 4.08. The lowest BCUT2D eigenvalue weighted by molar-refractivity contribution is -0.133. The number of carbonyl (C=O) groups is 1. The van der Waals surface area contributed by atoms with Crippen molar-refractivity contribution in [1.29, 1.82) is 0 Å². The van der Waals surface area contributed by atoms with Gasteiger partial charge >= 0.3 is 0 Å². The summed E-state index contributed by atoms with van der Waals surface area (Å²) >= 11 is 3.42. The molecule has 21 heavy (non-hydrogen) atoms. The number of hydrogen-bond donors (Lipinski definition) is 1. The highest BCUT2D eigenvalue weighted by atomic mass is 79.9. The standard InChI is InChI=1S/C16H23BrN2O2/c1-19(9-6-12-2-4-14(17)5-3-12)16(20)15(18)13-7-10-21-11-8-13/h2-5,13,15H,6-11,18H2,1H3. The van der Waals surface area contributed by atoms with E-state index in [1.165, 1.54) is 5.56 Å². The number of nitrogens with zero attached hydrogens (tertiary/aromatic N) is 1. The van der Waals surface area contributed by atoms with Crippen molar-refractivity contribution in [1.82, 2.24) is 4.90 Å². The van der Waals surface area contributed by atoms with Crippen LogP contribution in [0.15, 0.2) is 28.7 Å². The zero-order valence-electron chi connectivity index (χ0n) is 12.4. The first-order valence-electron chi connectivity index (χ1n) is 7.40. The number of halogens is 1. The van der Waals surface area contributed by atoms with Gasteiger partial charge in [0.25, 0.3) is 0 Å². The van der Waals surface area contributed by atoms with Crippen LogP contribution < -0.4 is 5.73 Å². The smallest absolute Gasteiger partial charge is 0.239 e. The Bertz CT molecular complexity index is 458. The molecule has 1 fully saturated rings. The first-order chi connectivity index (χ1) is 10.1. The molecule has 0 spiro atoms. The lowest BCUT2D eigenvalue weighted by Crippen LogP contribution is -2.48. The molecular formula is C16H23BrN2O2. The fourth-order valence-corrected chi connectivity index (χ4v) is 2.85. The van der Waals surface area contributed by atoms with Crippen molar-refractivity contribution in [3.05, 3.63) is 34.3 Å². The zero-order valence-corrected chi connectivity index (χ0v) is 14.0. The Kier molecular flexibility index (Phi) is 6.21.